The minimum Gasteiger partial charge on any atom is -0.476 e. The van der Waals surface area contributed by atoms with E-state index >= 15 is 0 Å². The Morgan fingerprint density at radius 2 is 1.79 bits per heavy atom. The topological polar surface area (TPSA) is 129 Å². The molecule has 0 radical (unpaired) electrons. The summed E-state index contributed by atoms with van der Waals surface area (Å²) < 4.78 is 33.3. The summed E-state index contributed by atoms with van der Waals surface area (Å²) >= 11 is 0. The number of fused-ring (bicyclic) bond motifs is 2. The number of hydrogen-bond acceptors (Lipinski definition) is 9. The van der Waals surface area contributed by atoms with Gasteiger partial charge in [-0.1, -0.05) is 0 Å². The number of carbonyl (C=O) groups excluding carboxylic acids is 1. The van der Waals surface area contributed by atoms with Gasteiger partial charge >= 0.3 is 5.97 Å². The average molecular weight is 769 g/mol. The third-order valence-corrected chi connectivity index (χ3v) is 13.3. The first-order chi connectivity index (χ1) is 27.0. The predicted molar refractivity (Wildman–Crippen MR) is 206 cm³/mol. The Balaban J connectivity index is 0.887. The zero-order chi connectivity index (χ0) is 38.7. The SMILES string of the molecule is CC(=O)N1CCc2c(c(N3CCCc4cc(-c5cnn(C)c5)c(C(F)F)cc43)nn2C2CCC3(CC2)CCN(CC2CN(c4ccc(C(=O)O)nn4)C2)CC3)C1. The van der Waals surface area contributed by atoms with Crippen molar-refractivity contribution in [2.24, 2.45) is 18.4 Å². The molecule has 2 saturated heterocycles. The molecule has 4 aliphatic heterocycles. The zero-order valence-electron chi connectivity index (χ0n) is 32.2. The summed E-state index contributed by atoms with van der Waals surface area (Å²) in [6, 6.07) is 7.13. The number of piperidine rings is 1. The normalized spacial score (nSPS) is 20.3. The Morgan fingerprint density at radius 1 is 1.00 bits per heavy atom. The van der Waals surface area contributed by atoms with Gasteiger partial charge in [0.1, 0.15) is 0 Å². The van der Waals surface area contributed by atoms with Crippen molar-refractivity contribution in [3.05, 3.63) is 64.7 Å². The van der Waals surface area contributed by atoms with E-state index in [-0.39, 0.29) is 23.2 Å². The fraction of sp³-hybridized carbons (Fsp3) is 0.561. The molecule has 9 rings (SSSR count). The number of nitrogens with zero attached hydrogens (tertiary/aromatic N) is 10. The molecule has 1 aliphatic carbocycles. The van der Waals surface area contributed by atoms with Crippen LogP contribution in [0.25, 0.3) is 11.1 Å². The molecule has 13 nitrogen and oxygen atoms in total. The Labute approximate surface area is 325 Å². The first-order valence-corrected chi connectivity index (χ1v) is 20.2. The van der Waals surface area contributed by atoms with E-state index in [1.807, 2.05) is 11.0 Å². The molecule has 1 saturated carbocycles. The molecule has 1 N–H and O–H groups in total. The van der Waals surface area contributed by atoms with E-state index in [0.717, 1.165) is 93.3 Å². The van der Waals surface area contributed by atoms with Crippen LogP contribution >= 0.6 is 0 Å². The lowest BCUT2D eigenvalue weighted by Gasteiger charge is -2.48. The summed E-state index contributed by atoms with van der Waals surface area (Å²) in [7, 11) is 1.79. The molecule has 0 atom stereocenters. The Morgan fingerprint density at radius 3 is 2.45 bits per heavy atom. The Hall–Kier alpha value is -4.92. The first kappa shape index (κ1) is 36.7. The maximum atomic E-state index is 14.7. The van der Waals surface area contributed by atoms with E-state index in [1.54, 1.807) is 43.2 Å². The number of anilines is 3. The van der Waals surface area contributed by atoms with Gasteiger partial charge in [-0.25, -0.2) is 13.6 Å². The highest BCUT2D eigenvalue weighted by Crippen LogP contribution is 2.49. The zero-order valence-corrected chi connectivity index (χ0v) is 32.2. The predicted octanol–water partition coefficient (Wildman–Crippen LogP) is 6.03. The van der Waals surface area contributed by atoms with Crippen LogP contribution in [-0.4, -0.2) is 102 Å². The van der Waals surface area contributed by atoms with E-state index in [9.17, 15) is 18.4 Å². The summed E-state index contributed by atoms with van der Waals surface area (Å²) in [6.07, 6.45) is 10.1. The number of aryl methyl sites for hydroxylation is 2. The molecule has 0 unspecified atom stereocenters. The first-order valence-electron chi connectivity index (χ1n) is 20.2. The quantitative estimate of drug-likeness (QED) is 0.227. The van der Waals surface area contributed by atoms with Crippen molar-refractivity contribution >= 4 is 29.2 Å². The molecule has 1 aromatic carbocycles. The molecule has 15 heteroatoms. The van der Waals surface area contributed by atoms with Crippen LogP contribution < -0.4 is 9.80 Å². The molecule has 3 aromatic heterocycles. The fourth-order valence-corrected chi connectivity index (χ4v) is 10.1. The molecule has 296 valence electrons. The number of amides is 1. The maximum Gasteiger partial charge on any atom is 0.356 e. The van der Waals surface area contributed by atoms with Crippen LogP contribution in [0.5, 0.6) is 0 Å². The number of aromatic carboxylic acids is 1. The minimum absolute atomic E-state index is 0.000234. The van der Waals surface area contributed by atoms with Gasteiger partial charge in [0.25, 0.3) is 6.43 Å². The number of hydrogen-bond donors (Lipinski definition) is 1. The van der Waals surface area contributed by atoms with Crippen molar-refractivity contribution in [1.29, 1.82) is 0 Å². The van der Waals surface area contributed by atoms with Gasteiger partial charge in [-0.2, -0.15) is 10.2 Å². The number of carboxylic acids is 1. The van der Waals surface area contributed by atoms with E-state index in [2.05, 4.69) is 34.7 Å². The third-order valence-electron chi connectivity index (χ3n) is 13.3. The lowest BCUT2D eigenvalue weighted by molar-refractivity contribution is -0.129. The highest BCUT2D eigenvalue weighted by molar-refractivity contribution is 5.85. The van der Waals surface area contributed by atoms with Gasteiger partial charge in [-0.15, -0.1) is 10.2 Å². The number of aromatic nitrogens is 6. The van der Waals surface area contributed by atoms with E-state index in [1.165, 1.54) is 37.4 Å². The summed E-state index contributed by atoms with van der Waals surface area (Å²) in [6.45, 7) is 8.54. The van der Waals surface area contributed by atoms with Crippen LogP contribution in [-0.2, 0) is 31.2 Å². The number of alkyl halides is 2. The minimum atomic E-state index is -2.64. The second kappa shape index (κ2) is 14.5. The summed E-state index contributed by atoms with van der Waals surface area (Å²) in [5, 5.41) is 26.7. The van der Waals surface area contributed by atoms with Gasteiger partial charge in [0.15, 0.2) is 17.3 Å². The lowest BCUT2D eigenvalue weighted by atomic mass is 9.67. The van der Waals surface area contributed by atoms with Crippen molar-refractivity contribution < 1.29 is 23.5 Å². The number of carbonyl (C=O) groups is 2. The number of halogens is 2. The molecule has 4 aromatic rings. The van der Waals surface area contributed by atoms with Crippen LogP contribution in [0.3, 0.4) is 0 Å². The molecular formula is C41H50F2N10O3. The number of likely N-dealkylation sites (tertiary alicyclic amines) is 1. The maximum absolute atomic E-state index is 14.7. The number of benzene rings is 1. The van der Waals surface area contributed by atoms with Crippen LogP contribution in [0.2, 0.25) is 0 Å². The molecule has 56 heavy (non-hydrogen) atoms. The van der Waals surface area contributed by atoms with Gasteiger partial charge in [0.2, 0.25) is 5.91 Å². The van der Waals surface area contributed by atoms with Gasteiger partial charge in [-0.05, 0) is 105 Å². The monoisotopic (exact) mass is 768 g/mol. The molecule has 5 aliphatic rings. The summed E-state index contributed by atoms with van der Waals surface area (Å²) in [5.74, 6) is 1.09. The summed E-state index contributed by atoms with van der Waals surface area (Å²) in [5.41, 5.74) is 5.60. The number of rotatable bonds is 8. The van der Waals surface area contributed by atoms with Crippen molar-refractivity contribution in [1.82, 2.24) is 39.6 Å². The van der Waals surface area contributed by atoms with E-state index in [4.69, 9.17) is 10.2 Å². The van der Waals surface area contributed by atoms with Gasteiger partial charge in [0, 0.05) is 93.3 Å². The van der Waals surface area contributed by atoms with Crippen LogP contribution in [0.1, 0.15) is 97.2 Å². The highest BCUT2D eigenvalue weighted by Gasteiger charge is 2.42. The standard InChI is InChI=1S/C41H50F2N10O3/c1-26(54)50-15-9-35-33(25-50)39(52-14-3-4-28-18-31(29-20-44-48(2)24-29)32(38(42)43)19-36(28)52)47-53(35)30-7-10-41(11-8-30)12-16-49(17-13-41)21-27-22-51(23-27)37-6-5-34(40(55)56)45-46-37/h5-6,18-20,24,27,30,38H,3-4,7-17,21-23,25H2,1-2H3,(H,55,56). The van der Waals surface area contributed by atoms with Crippen molar-refractivity contribution in [2.75, 3.05) is 55.6 Å². The second-order valence-corrected chi connectivity index (χ2v) is 16.8. The molecule has 1 spiro atoms. The third kappa shape index (κ3) is 6.81. The highest BCUT2D eigenvalue weighted by atomic mass is 19.3. The van der Waals surface area contributed by atoms with E-state index in [0.29, 0.717) is 42.1 Å². The molecule has 0 bridgehead atoms. The van der Waals surface area contributed by atoms with Gasteiger partial charge in [0.05, 0.1) is 18.8 Å². The largest absolute Gasteiger partial charge is 0.476 e. The smallest absolute Gasteiger partial charge is 0.356 e. The molecule has 7 heterocycles. The average Bonchev–Trinajstić information content (AvgIpc) is 3.80. The van der Waals surface area contributed by atoms with Crippen molar-refractivity contribution in [3.63, 3.8) is 0 Å². The molecule has 3 fully saturated rings. The van der Waals surface area contributed by atoms with E-state index < -0.39 is 12.4 Å². The molecular weight excluding hydrogens is 719 g/mol. The van der Waals surface area contributed by atoms with Crippen LogP contribution in [0.4, 0.5) is 26.1 Å². The molecule has 1 amide bonds. The lowest BCUT2D eigenvalue weighted by Crippen LogP contribution is -2.53. The Kier molecular flexibility index (Phi) is 9.53. The van der Waals surface area contributed by atoms with Crippen molar-refractivity contribution in [3.8, 4) is 11.1 Å². The van der Waals surface area contributed by atoms with Gasteiger partial charge in [-0.3, -0.25) is 14.2 Å². The fourth-order valence-electron chi connectivity index (χ4n) is 10.1. The number of carboxylic acid groups (broad SMARTS) is 1. The van der Waals surface area contributed by atoms with Crippen LogP contribution in [0, 0.1) is 11.3 Å². The van der Waals surface area contributed by atoms with Gasteiger partial charge < -0.3 is 24.7 Å². The summed E-state index contributed by atoms with van der Waals surface area (Å²) in [4.78, 5) is 32.6. The van der Waals surface area contributed by atoms with Crippen LogP contribution in [0.15, 0.2) is 36.7 Å². The second-order valence-electron chi connectivity index (χ2n) is 16.8. The Bertz CT molecular complexity index is 2110. The van der Waals surface area contributed by atoms with Crippen molar-refractivity contribution in [2.45, 2.75) is 83.7 Å².